The van der Waals surface area contributed by atoms with E-state index < -0.39 is 0 Å². The largest absolute Gasteiger partial charge is 0.356 e. The van der Waals surface area contributed by atoms with Crippen molar-refractivity contribution in [2.45, 2.75) is 18.5 Å². The van der Waals surface area contributed by atoms with Crippen LogP contribution in [0.15, 0.2) is 45.3 Å². The van der Waals surface area contributed by atoms with Gasteiger partial charge in [0.05, 0.1) is 14.4 Å². The number of carbonyl (C=O) groups excluding carboxylic acids is 2. The summed E-state index contributed by atoms with van der Waals surface area (Å²) < 4.78 is 2.81. The maximum absolute atomic E-state index is 12.4. The van der Waals surface area contributed by atoms with Gasteiger partial charge in [-0.25, -0.2) is 0 Å². The van der Waals surface area contributed by atoms with E-state index in [1.807, 2.05) is 22.8 Å². The summed E-state index contributed by atoms with van der Waals surface area (Å²) in [5.74, 6) is 0.889. The molecule has 28 heavy (non-hydrogen) atoms. The van der Waals surface area contributed by atoms with E-state index >= 15 is 0 Å². The summed E-state index contributed by atoms with van der Waals surface area (Å²) in [7, 11) is 0. The van der Waals surface area contributed by atoms with E-state index in [1.54, 1.807) is 18.2 Å². The second-order valence-electron chi connectivity index (χ2n) is 5.76. The molecule has 1 N–H and O–H groups in total. The lowest BCUT2D eigenvalue weighted by Gasteiger charge is -2.10. The zero-order valence-corrected chi connectivity index (χ0v) is 18.8. The number of nitrogens with zero attached hydrogens (tertiary/aromatic N) is 3. The second-order valence-corrected chi connectivity index (χ2v) is 9.60. The van der Waals surface area contributed by atoms with E-state index in [2.05, 4.69) is 31.4 Å². The first-order chi connectivity index (χ1) is 13.4. The van der Waals surface area contributed by atoms with Gasteiger partial charge < -0.3 is 5.32 Å². The number of amides is 1. The number of nitrogens with one attached hydrogen (secondary N) is 1. The first-order valence-corrected chi connectivity index (χ1v) is 11.3. The van der Waals surface area contributed by atoms with E-state index in [4.69, 9.17) is 11.6 Å². The molecular formula is C18H16BrClN4O2S2. The summed E-state index contributed by atoms with van der Waals surface area (Å²) in [6, 6.07) is 11.0. The highest BCUT2D eigenvalue weighted by molar-refractivity contribution is 9.11. The number of thiophene rings is 1. The van der Waals surface area contributed by atoms with Gasteiger partial charge in [-0.2, -0.15) is 0 Å². The monoisotopic (exact) mass is 498 g/mol. The highest BCUT2D eigenvalue weighted by Crippen LogP contribution is 2.27. The molecule has 0 unspecified atom stereocenters. The minimum atomic E-state index is -0.0973. The number of ketones is 1. The van der Waals surface area contributed by atoms with Crippen LogP contribution in [0.2, 0.25) is 5.02 Å². The van der Waals surface area contributed by atoms with E-state index in [0.717, 1.165) is 9.47 Å². The molecule has 1 amide bonds. The lowest BCUT2D eigenvalue weighted by molar-refractivity contribution is -0.118. The molecule has 0 bridgehead atoms. The fourth-order valence-electron chi connectivity index (χ4n) is 2.42. The Hall–Kier alpha value is -1.68. The van der Waals surface area contributed by atoms with Crippen LogP contribution < -0.4 is 5.32 Å². The molecule has 0 saturated heterocycles. The number of halogens is 2. The summed E-state index contributed by atoms with van der Waals surface area (Å²) in [5, 5.41) is 12.5. The van der Waals surface area contributed by atoms with Crippen LogP contribution in [0, 0.1) is 0 Å². The second kappa shape index (κ2) is 9.69. The van der Waals surface area contributed by atoms with Crippen LogP contribution in [0.5, 0.6) is 0 Å². The minimum Gasteiger partial charge on any atom is -0.356 e. The van der Waals surface area contributed by atoms with Crippen LogP contribution in [0.3, 0.4) is 0 Å². The number of aromatic nitrogens is 3. The Balaban J connectivity index is 1.81. The predicted octanol–water partition coefficient (Wildman–Crippen LogP) is 4.40. The van der Waals surface area contributed by atoms with Crippen molar-refractivity contribution in [2.24, 2.45) is 0 Å². The summed E-state index contributed by atoms with van der Waals surface area (Å²) in [4.78, 5) is 24.3. The van der Waals surface area contributed by atoms with E-state index in [-0.39, 0.29) is 17.4 Å². The molecule has 2 heterocycles. The highest BCUT2D eigenvalue weighted by Gasteiger charge is 2.17. The number of hydrogen-bond donors (Lipinski definition) is 1. The van der Waals surface area contributed by atoms with Gasteiger partial charge in [0.1, 0.15) is 5.82 Å². The Morgan fingerprint density at radius 1 is 1.21 bits per heavy atom. The van der Waals surface area contributed by atoms with Crippen LogP contribution in [-0.4, -0.2) is 38.8 Å². The molecule has 0 aliphatic heterocycles. The molecule has 0 radical (unpaired) electrons. The van der Waals surface area contributed by atoms with Crippen LogP contribution in [0.25, 0.3) is 5.69 Å². The lowest BCUT2D eigenvalue weighted by atomic mass is 10.3. The standard InChI is InChI=1S/C18H16BrClN4O2S2/c1-11(25)21-9-8-17-22-23-18(24(17)13-4-2-12(20)3-5-13)27-10-14(26)15-6-7-16(19)28-15/h2-7H,8-10H2,1H3,(H,21,25). The zero-order chi connectivity index (χ0) is 20.1. The average Bonchev–Trinajstić information content (AvgIpc) is 3.27. The third-order valence-corrected chi connectivity index (χ3v) is 6.53. The van der Waals surface area contributed by atoms with Gasteiger partial charge >= 0.3 is 0 Å². The first kappa shape index (κ1) is 21.0. The Bertz CT molecular complexity index is 988. The topological polar surface area (TPSA) is 76.9 Å². The quantitative estimate of drug-likeness (QED) is 0.367. The van der Waals surface area contributed by atoms with Crippen molar-refractivity contribution in [3.63, 3.8) is 0 Å². The Morgan fingerprint density at radius 2 is 1.96 bits per heavy atom. The van der Waals surface area contributed by atoms with Crippen LogP contribution >= 0.6 is 50.6 Å². The Kier molecular flexibility index (Phi) is 7.28. The molecule has 3 aromatic rings. The number of benzene rings is 1. The van der Waals surface area contributed by atoms with Crippen molar-refractivity contribution in [1.29, 1.82) is 0 Å². The smallest absolute Gasteiger partial charge is 0.216 e. The van der Waals surface area contributed by atoms with Crippen LogP contribution in [-0.2, 0) is 11.2 Å². The molecule has 6 nitrogen and oxygen atoms in total. The molecule has 0 aliphatic carbocycles. The maximum Gasteiger partial charge on any atom is 0.216 e. The average molecular weight is 500 g/mol. The van der Waals surface area contributed by atoms with Gasteiger partial charge in [-0.1, -0.05) is 23.4 Å². The zero-order valence-electron chi connectivity index (χ0n) is 14.8. The number of thioether (sulfide) groups is 1. The van der Waals surface area contributed by atoms with Crippen molar-refractivity contribution in [3.8, 4) is 5.69 Å². The van der Waals surface area contributed by atoms with E-state index in [1.165, 1.54) is 30.0 Å². The van der Waals surface area contributed by atoms with Gasteiger partial charge in [0.2, 0.25) is 5.91 Å². The van der Waals surface area contributed by atoms with Crippen LogP contribution in [0.1, 0.15) is 22.4 Å². The molecule has 0 fully saturated rings. The van der Waals surface area contributed by atoms with Crippen molar-refractivity contribution >= 4 is 62.3 Å². The van der Waals surface area contributed by atoms with Gasteiger partial charge in [0, 0.05) is 30.6 Å². The number of hydrogen-bond acceptors (Lipinski definition) is 6. The molecule has 0 spiro atoms. The number of Topliss-reactive ketones (excluding diaryl/α,β-unsaturated/α-hetero) is 1. The number of rotatable bonds is 8. The number of carbonyl (C=O) groups is 2. The maximum atomic E-state index is 12.4. The van der Waals surface area contributed by atoms with Gasteiger partial charge in [-0.15, -0.1) is 21.5 Å². The molecule has 146 valence electrons. The third kappa shape index (κ3) is 5.44. The van der Waals surface area contributed by atoms with Crippen molar-refractivity contribution in [3.05, 3.63) is 55.9 Å². The first-order valence-electron chi connectivity index (χ1n) is 8.30. The summed E-state index contributed by atoms with van der Waals surface area (Å²) >= 11 is 12.1. The SMILES string of the molecule is CC(=O)NCCc1nnc(SCC(=O)c2ccc(Br)s2)n1-c1ccc(Cl)cc1. The third-order valence-electron chi connectivity index (χ3n) is 3.69. The van der Waals surface area contributed by atoms with Gasteiger partial charge in [0.25, 0.3) is 0 Å². The van der Waals surface area contributed by atoms with E-state index in [0.29, 0.717) is 33.8 Å². The Morgan fingerprint density at radius 3 is 2.61 bits per heavy atom. The lowest BCUT2D eigenvalue weighted by Crippen LogP contribution is -2.23. The highest BCUT2D eigenvalue weighted by atomic mass is 79.9. The van der Waals surface area contributed by atoms with Gasteiger partial charge in [-0.05, 0) is 52.3 Å². The molecule has 1 aromatic carbocycles. The van der Waals surface area contributed by atoms with Crippen molar-refractivity contribution in [1.82, 2.24) is 20.1 Å². The predicted molar refractivity (Wildman–Crippen MR) is 116 cm³/mol. The normalized spacial score (nSPS) is 10.8. The summed E-state index contributed by atoms with van der Waals surface area (Å²) in [5.41, 5.74) is 0.848. The fourth-order valence-corrected chi connectivity index (χ4v) is 4.82. The molecule has 0 atom stereocenters. The minimum absolute atomic E-state index is 0.0335. The fraction of sp³-hybridized carbons (Fsp3) is 0.222. The van der Waals surface area contributed by atoms with E-state index in [9.17, 15) is 9.59 Å². The summed E-state index contributed by atoms with van der Waals surface area (Å²) in [6.07, 6.45) is 0.515. The molecule has 0 saturated carbocycles. The van der Waals surface area contributed by atoms with Gasteiger partial charge in [0.15, 0.2) is 10.9 Å². The summed E-state index contributed by atoms with van der Waals surface area (Å²) in [6.45, 7) is 1.92. The molecule has 2 aromatic heterocycles. The van der Waals surface area contributed by atoms with Gasteiger partial charge in [-0.3, -0.25) is 14.2 Å². The molecular weight excluding hydrogens is 484 g/mol. The van der Waals surface area contributed by atoms with Crippen LogP contribution in [0.4, 0.5) is 0 Å². The molecule has 3 rings (SSSR count). The van der Waals surface area contributed by atoms with Crippen molar-refractivity contribution in [2.75, 3.05) is 12.3 Å². The Labute approximate surface area is 183 Å². The molecule has 0 aliphatic rings. The molecule has 10 heteroatoms. The van der Waals surface area contributed by atoms with Crippen molar-refractivity contribution < 1.29 is 9.59 Å².